The first-order valence-corrected chi connectivity index (χ1v) is 7.98. The van der Waals surface area contributed by atoms with E-state index in [9.17, 15) is 14.4 Å². The summed E-state index contributed by atoms with van der Waals surface area (Å²) in [4.78, 5) is 38.1. The number of nitrogens with zero attached hydrogens (tertiary/aromatic N) is 1. The topological polar surface area (TPSA) is 84.9 Å². The highest BCUT2D eigenvalue weighted by Gasteiger charge is 2.37. The van der Waals surface area contributed by atoms with Gasteiger partial charge in [0.15, 0.2) is 11.5 Å². The van der Waals surface area contributed by atoms with Crippen LogP contribution in [0.2, 0.25) is 5.02 Å². The summed E-state index contributed by atoms with van der Waals surface area (Å²) >= 11 is 6.09. The summed E-state index contributed by atoms with van der Waals surface area (Å²) in [5.41, 5.74) is 0.553. The molecule has 0 unspecified atom stereocenters. The van der Waals surface area contributed by atoms with Crippen molar-refractivity contribution < 1.29 is 23.9 Å². The van der Waals surface area contributed by atoms with E-state index in [-0.39, 0.29) is 18.1 Å². The average molecular weight is 371 g/mol. The van der Waals surface area contributed by atoms with E-state index in [1.807, 2.05) is 0 Å². The number of rotatable bonds is 2. The molecule has 0 spiro atoms. The fraction of sp³-hybridized carbons (Fsp3) is 0.0556. The molecule has 2 aromatic rings. The molecule has 130 valence electrons. The molecule has 4 amide bonds. The van der Waals surface area contributed by atoms with Crippen LogP contribution >= 0.6 is 11.6 Å². The zero-order chi connectivity index (χ0) is 18.3. The number of benzene rings is 2. The predicted molar refractivity (Wildman–Crippen MR) is 93.0 cm³/mol. The molecule has 4 rings (SSSR count). The zero-order valence-electron chi connectivity index (χ0n) is 13.2. The van der Waals surface area contributed by atoms with Crippen molar-refractivity contribution in [3.63, 3.8) is 0 Å². The average Bonchev–Trinajstić information content (AvgIpc) is 3.08. The molecule has 2 heterocycles. The van der Waals surface area contributed by atoms with Crippen LogP contribution in [0.3, 0.4) is 0 Å². The van der Waals surface area contributed by atoms with Gasteiger partial charge in [-0.2, -0.15) is 0 Å². The van der Waals surface area contributed by atoms with Gasteiger partial charge in [-0.05, 0) is 29.8 Å². The second-order valence-corrected chi connectivity index (χ2v) is 5.92. The maximum Gasteiger partial charge on any atom is 0.335 e. The van der Waals surface area contributed by atoms with E-state index >= 15 is 0 Å². The number of ether oxygens (including phenoxy) is 2. The van der Waals surface area contributed by atoms with E-state index in [0.717, 1.165) is 4.90 Å². The lowest BCUT2D eigenvalue weighted by molar-refractivity contribution is -0.122. The summed E-state index contributed by atoms with van der Waals surface area (Å²) in [7, 11) is 0. The molecule has 1 N–H and O–H groups in total. The Morgan fingerprint density at radius 2 is 1.81 bits per heavy atom. The van der Waals surface area contributed by atoms with Crippen LogP contribution in [0.1, 0.15) is 5.56 Å². The van der Waals surface area contributed by atoms with Crippen LogP contribution in [-0.4, -0.2) is 24.6 Å². The van der Waals surface area contributed by atoms with E-state index in [2.05, 4.69) is 5.32 Å². The molecule has 0 atom stereocenters. The molecular formula is C18H11ClN2O5. The van der Waals surface area contributed by atoms with Gasteiger partial charge in [0.1, 0.15) is 5.57 Å². The SMILES string of the molecule is O=C1NC(=O)N(c2ccc3c(c2)OCO3)C(=O)/C1=C/c1ccccc1Cl. The Kier molecular flexibility index (Phi) is 3.85. The maximum atomic E-state index is 12.8. The monoisotopic (exact) mass is 370 g/mol. The third-order valence-electron chi connectivity index (χ3n) is 3.92. The van der Waals surface area contributed by atoms with Crippen LogP contribution in [0.4, 0.5) is 10.5 Å². The van der Waals surface area contributed by atoms with Crippen molar-refractivity contribution in [2.75, 3.05) is 11.7 Å². The predicted octanol–water partition coefficient (Wildman–Crippen LogP) is 2.74. The van der Waals surface area contributed by atoms with Crippen LogP contribution in [-0.2, 0) is 9.59 Å². The summed E-state index contributed by atoms with van der Waals surface area (Å²) < 4.78 is 10.5. The smallest absolute Gasteiger partial charge is 0.335 e. The quantitative estimate of drug-likeness (QED) is 0.649. The summed E-state index contributed by atoms with van der Waals surface area (Å²) in [6.07, 6.45) is 1.35. The Morgan fingerprint density at radius 1 is 1.04 bits per heavy atom. The lowest BCUT2D eigenvalue weighted by Crippen LogP contribution is -2.54. The van der Waals surface area contributed by atoms with Crippen molar-refractivity contribution in [1.29, 1.82) is 0 Å². The van der Waals surface area contributed by atoms with Gasteiger partial charge in [0.25, 0.3) is 11.8 Å². The second kappa shape index (κ2) is 6.20. The van der Waals surface area contributed by atoms with E-state index in [4.69, 9.17) is 21.1 Å². The van der Waals surface area contributed by atoms with Crippen molar-refractivity contribution >= 4 is 41.2 Å². The first-order valence-electron chi connectivity index (χ1n) is 7.60. The Labute approximate surface area is 152 Å². The standard InChI is InChI=1S/C18H11ClN2O5/c19-13-4-2-1-3-10(13)7-12-16(22)20-18(24)21(17(12)23)11-5-6-14-15(8-11)26-9-25-14/h1-8H,9H2,(H,20,22,24)/b12-7+. The lowest BCUT2D eigenvalue weighted by atomic mass is 10.1. The van der Waals surface area contributed by atoms with Gasteiger partial charge in [0.2, 0.25) is 6.79 Å². The van der Waals surface area contributed by atoms with Gasteiger partial charge in [-0.15, -0.1) is 0 Å². The normalized spacial score (nSPS) is 17.7. The summed E-state index contributed by atoms with van der Waals surface area (Å²) in [5, 5.41) is 2.54. The molecule has 2 aliphatic rings. The Balaban J connectivity index is 1.74. The molecule has 0 aromatic heterocycles. The van der Waals surface area contributed by atoms with E-state index in [1.54, 1.807) is 30.3 Å². The minimum atomic E-state index is -0.838. The molecule has 0 saturated carbocycles. The molecule has 7 nitrogen and oxygen atoms in total. The van der Waals surface area contributed by atoms with Crippen molar-refractivity contribution in [2.45, 2.75) is 0 Å². The fourth-order valence-electron chi connectivity index (χ4n) is 2.66. The molecule has 0 aliphatic carbocycles. The fourth-order valence-corrected chi connectivity index (χ4v) is 2.85. The number of hydrogen-bond acceptors (Lipinski definition) is 5. The number of urea groups is 1. The summed E-state index contributed by atoms with van der Waals surface area (Å²) in [6, 6.07) is 10.6. The van der Waals surface area contributed by atoms with Crippen LogP contribution < -0.4 is 19.7 Å². The Bertz CT molecular complexity index is 985. The van der Waals surface area contributed by atoms with Crippen molar-refractivity contribution in [1.82, 2.24) is 5.32 Å². The van der Waals surface area contributed by atoms with Gasteiger partial charge in [0.05, 0.1) is 5.69 Å². The largest absolute Gasteiger partial charge is 0.454 e. The lowest BCUT2D eigenvalue weighted by Gasteiger charge is -2.26. The third-order valence-corrected chi connectivity index (χ3v) is 4.27. The molecule has 0 radical (unpaired) electrons. The third kappa shape index (κ3) is 2.68. The zero-order valence-corrected chi connectivity index (χ0v) is 13.9. The highest BCUT2D eigenvalue weighted by Crippen LogP contribution is 2.36. The number of hydrogen-bond donors (Lipinski definition) is 1. The van der Waals surface area contributed by atoms with Crippen molar-refractivity contribution in [3.05, 3.63) is 58.6 Å². The van der Waals surface area contributed by atoms with Crippen LogP contribution in [0.5, 0.6) is 11.5 Å². The van der Waals surface area contributed by atoms with Gasteiger partial charge in [-0.3, -0.25) is 14.9 Å². The number of amides is 4. The number of carbonyl (C=O) groups is 3. The van der Waals surface area contributed by atoms with Gasteiger partial charge in [-0.1, -0.05) is 29.8 Å². The first kappa shape index (κ1) is 16.2. The molecule has 8 heteroatoms. The molecular weight excluding hydrogens is 360 g/mol. The van der Waals surface area contributed by atoms with E-state index < -0.39 is 17.8 Å². The minimum absolute atomic E-state index is 0.0646. The molecule has 1 saturated heterocycles. The van der Waals surface area contributed by atoms with Crippen LogP contribution in [0.25, 0.3) is 6.08 Å². The van der Waals surface area contributed by atoms with Crippen molar-refractivity contribution in [2.24, 2.45) is 0 Å². The van der Waals surface area contributed by atoms with Crippen LogP contribution in [0.15, 0.2) is 48.0 Å². The molecule has 2 aliphatic heterocycles. The number of anilines is 1. The van der Waals surface area contributed by atoms with Crippen molar-refractivity contribution in [3.8, 4) is 11.5 Å². The number of carbonyl (C=O) groups excluding carboxylic acids is 3. The van der Waals surface area contributed by atoms with Gasteiger partial charge < -0.3 is 9.47 Å². The summed E-state index contributed by atoms with van der Waals surface area (Å²) in [6.45, 7) is 0.0646. The Hall–Kier alpha value is -3.32. The number of halogens is 1. The molecule has 0 bridgehead atoms. The summed E-state index contributed by atoms with van der Waals surface area (Å²) in [5.74, 6) is -0.604. The number of imide groups is 2. The number of fused-ring (bicyclic) bond motifs is 1. The highest BCUT2D eigenvalue weighted by atomic mass is 35.5. The van der Waals surface area contributed by atoms with Gasteiger partial charge in [-0.25, -0.2) is 9.69 Å². The number of nitrogens with one attached hydrogen (secondary N) is 1. The van der Waals surface area contributed by atoms with Gasteiger partial charge in [0, 0.05) is 11.1 Å². The second-order valence-electron chi connectivity index (χ2n) is 5.52. The maximum absolute atomic E-state index is 12.8. The molecule has 1 fully saturated rings. The first-order chi connectivity index (χ1) is 12.5. The molecule has 26 heavy (non-hydrogen) atoms. The van der Waals surface area contributed by atoms with E-state index in [0.29, 0.717) is 22.1 Å². The Morgan fingerprint density at radius 3 is 2.62 bits per heavy atom. The molecule has 2 aromatic carbocycles. The highest BCUT2D eigenvalue weighted by molar-refractivity contribution is 6.39. The minimum Gasteiger partial charge on any atom is -0.454 e. The van der Waals surface area contributed by atoms with E-state index in [1.165, 1.54) is 18.2 Å². The number of barbiturate groups is 1. The van der Waals surface area contributed by atoms with Gasteiger partial charge >= 0.3 is 6.03 Å². The van der Waals surface area contributed by atoms with Crippen LogP contribution in [0, 0.1) is 0 Å².